The molecule has 0 radical (unpaired) electrons. The third-order valence-corrected chi connectivity index (χ3v) is 4.73. The molecular formula is C16H24N2O3. The highest BCUT2D eigenvalue weighted by molar-refractivity contribution is 5.40. The molecule has 5 nitrogen and oxygen atoms in total. The maximum Gasteiger partial charge on any atom is 0.269 e. The fourth-order valence-electron chi connectivity index (χ4n) is 3.18. The van der Waals surface area contributed by atoms with Crippen molar-refractivity contribution in [3.8, 4) is 0 Å². The first-order valence-corrected chi connectivity index (χ1v) is 7.57. The van der Waals surface area contributed by atoms with E-state index in [4.69, 9.17) is 0 Å². The summed E-state index contributed by atoms with van der Waals surface area (Å²) in [5.41, 5.74) is 2.27. The Labute approximate surface area is 125 Å². The SMILES string of the molecule is Cc1ccc([N+](=O)[O-])cc1C(C)N1CCC(C(C)O)CC1. The molecule has 2 atom stereocenters. The van der Waals surface area contributed by atoms with Crippen LogP contribution in [-0.4, -0.2) is 34.1 Å². The van der Waals surface area contributed by atoms with Gasteiger partial charge in [0.05, 0.1) is 11.0 Å². The molecule has 1 N–H and O–H groups in total. The van der Waals surface area contributed by atoms with Crippen molar-refractivity contribution in [2.24, 2.45) is 5.92 Å². The maximum atomic E-state index is 10.9. The van der Waals surface area contributed by atoms with Crippen LogP contribution in [0, 0.1) is 23.0 Å². The number of piperidine rings is 1. The maximum absolute atomic E-state index is 10.9. The Kier molecular flexibility index (Phi) is 4.96. The van der Waals surface area contributed by atoms with Gasteiger partial charge in [0.2, 0.25) is 0 Å². The second-order valence-electron chi connectivity index (χ2n) is 6.09. The third-order valence-electron chi connectivity index (χ3n) is 4.73. The number of aryl methyl sites for hydroxylation is 1. The van der Waals surface area contributed by atoms with Gasteiger partial charge in [-0.1, -0.05) is 6.07 Å². The van der Waals surface area contributed by atoms with Gasteiger partial charge in [-0.05, 0) is 63.7 Å². The van der Waals surface area contributed by atoms with Gasteiger partial charge in [0.25, 0.3) is 5.69 Å². The van der Waals surface area contributed by atoms with Gasteiger partial charge in [0.1, 0.15) is 0 Å². The van der Waals surface area contributed by atoms with E-state index in [1.54, 1.807) is 12.1 Å². The fourth-order valence-corrected chi connectivity index (χ4v) is 3.18. The van der Waals surface area contributed by atoms with E-state index in [2.05, 4.69) is 11.8 Å². The molecule has 21 heavy (non-hydrogen) atoms. The summed E-state index contributed by atoms with van der Waals surface area (Å²) in [6, 6.07) is 5.25. The molecule has 1 aromatic carbocycles. The predicted molar refractivity (Wildman–Crippen MR) is 82.2 cm³/mol. The Balaban J connectivity index is 2.12. The van der Waals surface area contributed by atoms with Gasteiger partial charge in [0, 0.05) is 18.2 Å². The zero-order valence-electron chi connectivity index (χ0n) is 13.0. The molecule has 0 amide bonds. The molecule has 0 saturated carbocycles. The van der Waals surface area contributed by atoms with E-state index >= 15 is 0 Å². The molecular weight excluding hydrogens is 268 g/mol. The van der Waals surface area contributed by atoms with Gasteiger partial charge in [-0.25, -0.2) is 0 Å². The molecule has 0 aromatic heterocycles. The fraction of sp³-hybridized carbons (Fsp3) is 0.625. The highest BCUT2D eigenvalue weighted by Crippen LogP contribution is 2.31. The van der Waals surface area contributed by atoms with Gasteiger partial charge < -0.3 is 5.11 Å². The average Bonchev–Trinajstić information content (AvgIpc) is 2.47. The lowest BCUT2D eigenvalue weighted by molar-refractivity contribution is -0.385. The largest absolute Gasteiger partial charge is 0.393 e. The van der Waals surface area contributed by atoms with Crippen molar-refractivity contribution in [2.75, 3.05) is 13.1 Å². The Morgan fingerprint density at radius 1 is 1.33 bits per heavy atom. The molecule has 2 rings (SSSR count). The first kappa shape index (κ1) is 15.9. The van der Waals surface area contributed by atoms with E-state index in [0.29, 0.717) is 5.92 Å². The van der Waals surface area contributed by atoms with Crippen LogP contribution in [0.25, 0.3) is 0 Å². The van der Waals surface area contributed by atoms with Gasteiger partial charge in [-0.3, -0.25) is 15.0 Å². The monoisotopic (exact) mass is 292 g/mol. The molecule has 1 heterocycles. The lowest BCUT2D eigenvalue weighted by Gasteiger charge is -2.37. The summed E-state index contributed by atoms with van der Waals surface area (Å²) in [6.45, 7) is 7.82. The molecule has 0 aliphatic carbocycles. The number of benzene rings is 1. The molecule has 2 unspecified atom stereocenters. The smallest absolute Gasteiger partial charge is 0.269 e. The zero-order chi connectivity index (χ0) is 15.6. The van der Waals surface area contributed by atoms with Gasteiger partial charge in [0.15, 0.2) is 0 Å². The Morgan fingerprint density at radius 3 is 2.48 bits per heavy atom. The van der Waals surface area contributed by atoms with Gasteiger partial charge in [-0.2, -0.15) is 0 Å². The number of hydrogen-bond acceptors (Lipinski definition) is 4. The second kappa shape index (κ2) is 6.54. The van der Waals surface area contributed by atoms with Crippen LogP contribution in [0.3, 0.4) is 0 Å². The van der Waals surface area contributed by atoms with E-state index in [0.717, 1.165) is 37.1 Å². The van der Waals surface area contributed by atoms with Crippen molar-refractivity contribution in [3.05, 3.63) is 39.4 Å². The summed E-state index contributed by atoms with van der Waals surface area (Å²) in [4.78, 5) is 13.0. The van der Waals surface area contributed by atoms with Crippen LogP contribution in [-0.2, 0) is 0 Å². The quantitative estimate of drug-likeness (QED) is 0.684. The van der Waals surface area contributed by atoms with E-state index in [1.807, 2.05) is 19.9 Å². The average molecular weight is 292 g/mol. The summed E-state index contributed by atoms with van der Waals surface area (Å²) in [7, 11) is 0. The molecule has 1 saturated heterocycles. The van der Waals surface area contributed by atoms with Crippen molar-refractivity contribution < 1.29 is 10.0 Å². The minimum Gasteiger partial charge on any atom is -0.393 e. The first-order valence-electron chi connectivity index (χ1n) is 7.57. The highest BCUT2D eigenvalue weighted by atomic mass is 16.6. The van der Waals surface area contributed by atoms with Crippen molar-refractivity contribution in [1.82, 2.24) is 4.90 Å². The molecule has 5 heteroatoms. The molecule has 1 fully saturated rings. The summed E-state index contributed by atoms with van der Waals surface area (Å²) in [6.07, 6.45) is 1.72. The van der Waals surface area contributed by atoms with Gasteiger partial charge >= 0.3 is 0 Å². The van der Waals surface area contributed by atoms with Crippen LogP contribution >= 0.6 is 0 Å². The van der Waals surface area contributed by atoms with Crippen molar-refractivity contribution >= 4 is 5.69 Å². The lowest BCUT2D eigenvalue weighted by atomic mass is 9.90. The number of non-ortho nitro benzene ring substituents is 1. The van der Waals surface area contributed by atoms with Crippen molar-refractivity contribution in [2.45, 2.75) is 45.8 Å². The number of nitrogens with zero attached hydrogens (tertiary/aromatic N) is 2. The molecule has 1 aliphatic rings. The van der Waals surface area contributed by atoms with Crippen LogP contribution < -0.4 is 0 Å². The normalized spacial score (nSPS) is 20.2. The Bertz CT molecular complexity index is 508. The zero-order valence-corrected chi connectivity index (χ0v) is 13.0. The summed E-state index contributed by atoms with van der Waals surface area (Å²) in [5, 5.41) is 20.6. The van der Waals surface area contributed by atoms with Crippen LogP contribution in [0.2, 0.25) is 0 Å². The summed E-state index contributed by atoms with van der Waals surface area (Å²) in [5.74, 6) is 0.375. The lowest BCUT2D eigenvalue weighted by Crippen LogP contribution is -2.38. The molecule has 116 valence electrons. The standard InChI is InChI=1S/C16H24N2O3/c1-11-4-5-15(18(20)21)10-16(11)12(2)17-8-6-14(7-9-17)13(3)19/h4-5,10,12-14,19H,6-9H2,1-3H3. The van der Waals surface area contributed by atoms with Crippen LogP contribution in [0.5, 0.6) is 0 Å². The number of aliphatic hydroxyl groups excluding tert-OH is 1. The third kappa shape index (κ3) is 3.60. The van der Waals surface area contributed by atoms with Crippen LogP contribution in [0.15, 0.2) is 18.2 Å². The van der Waals surface area contributed by atoms with E-state index < -0.39 is 0 Å². The number of hydrogen-bond donors (Lipinski definition) is 1. The molecule has 0 spiro atoms. The molecule has 0 bridgehead atoms. The minimum absolute atomic E-state index is 0.154. The van der Waals surface area contributed by atoms with Crippen LogP contribution in [0.4, 0.5) is 5.69 Å². The topological polar surface area (TPSA) is 66.6 Å². The Hall–Kier alpha value is -1.46. The number of likely N-dealkylation sites (tertiary alicyclic amines) is 1. The van der Waals surface area contributed by atoms with Crippen molar-refractivity contribution in [3.63, 3.8) is 0 Å². The second-order valence-corrected chi connectivity index (χ2v) is 6.09. The number of rotatable bonds is 4. The highest BCUT2D eigenvalue weighted by Gasteiger charge is 2.27. The predicted octanol–water partition coefficient (Wildman–Crippen LogP) is 3.06. The number of aliphatic hydroxyl groups is 1. The molecule has 1 aliphatic heterocycles. The van der Waals surface area contributed by atoms with Crippen molar-refractivity contribution in [1.29, 1.82) is 0 Å². The van der Waals surface area contributed by atoms with Gasteiger partial charge in [-0.15, -0.1) is 0 Å². The molecule has 1 aromatic rings. The van der Waals surface area contributed by atoms with E-state index in [-0.39, 0.29) is 22.8 Å². The summed E-state index contributed by atoms with van der Waals surface area (Å²) < 4.78 is 0. The van der Waals surface area contributed by atoms with E-state index in [1.165, 1.54) is 0 Å². The summed E-state index contributed by atoms with van der Waals surface area (Å²) >= 11 is 0. The van der Waals surface area contributed by atoms with Crippen LogP contribution in [0.1, 0.15) is 43.9 Å². The number of nitro groups is 1. The number of nitro benzene ring substituents is 1. The first-order chi connectivity index (χ1) is 9.90. The van der Waals surface area contributed by atoms with E-state index in [9.17, 15) is 15.2 Å². The Morgan fingerprint density at radius 2 is 1.95 bits per heavy atom. The minimum atomic E-state index is -0.338.